The monoisotopic (exact) mass is 405 g/mol. The highest BCUT2D eigenvalue weighted by molar-refractivity contribution is 6.08. The van der Waals surface area contributed by atoms with Gasteiger partial charge in [-0.3, -0.25) is 15.0 Å². The van der Waals surface area contributed by atoms with Crippen molar-refractivity contribution in [2.45, 2.75) is 37.6 Å². The lowest BCUT2D eigenvalue weighted by Gasteiger charge is -2.30. The zero-order chi connectivity index (χ0) is 20.9. The van der Waals surface area contributed by atoms with Crippen LogP contribution in [0.2, 0.25) is 0 Å². The number of carbonyl (C=O) groups is 4. The van der Waals surface area contributed by atoms with Crippen LogP contribution in [-0.2, 0) is 19.1 Å². The molecule has 2 aliphatic rings. The zero-order valence-corrected chi connectivity index (χ0v) is 16.1. The number of hydrazine groups is 1. The molecule has 0 radical (unpaired) electrons. The second kappa shape index (κ2) is 8.80. The molecule has 3 rings (SSSR count). The third-order valence-corrected chi connectivity index (χ3v) is 4.88. The topological polar surface area (TPSA) is 123 Å². The van der Waals surface area contributed by atoms with E-state index in [0.717, 1.165) is 19.3 Å². The summed E-state index contributed by atoms with van der Waals surface area (Å²) in [4.78, 5) is 48.5. The van der Waals surface area contributed by atoms with Crippen LogP contribution in [0.15, 0.2) is 24.3 Å². The van der Waals surface area contributed by atoms with Crippen LogP contribution in [-0.4, -0.2) is 54.7 Å². The molecular formula is C19H23N3O7. The van der Waals surface area contributed by atoms with Crippen LogP contribution < -0.4 is 20.2 Å². The van der Waals surface area contributed by atoms with E-state index >= 15 is 0 Å². The molecular weight excluding hydrogens is 382 g/mol. The van der Waals surface area contributed by atoms with E-state index < -0.39 is 42.6 Å². The predicted molar refractivity (Wildman–Crippen MR) is 98.8 cm³/mol. The quantitative estimate of drug-likeness (QED) is 0.510. The van der Waals surface area contributed by atoms with E-state index in [1.807, 2.05) is 0 Å². The van der Waals surface area contributed by atoms with E-state index in [4.69, 9.17) is 14.2 Å². The molecule has 0 aromatic heterocycles. The van der Waals surface area contributed by atoms with Crippen molar-refractivity contribution in [2.24, 2.45) is 0 Å². The van der Waals surface area contributed by atoms with Gasteiger partial charge in [0.05, 0.1) is 7.11 Å². The molecule has 2 N–H and O–H groups in total. The zero-order valence-electron chi connectivity index (χ0n) is 16.1. The lowest BCUT2D eigenvalue weighted by atomic mass is 9.82. The Bertz CT molecular complexity index is 805. The first-order valence-corrected chi connectivity index (χ1v) is 9.33. The van der Waals surface area contributed by atoms with Crippen molar-refractivity contribution < 1.29 is 33.4 Å². The molecule has 1 aromatic carbocycles. The summed E-state index contributed by atoms with van der Waals surface area (Å²) in [7, 11) is 1.47. The van der Waals surface area contributed by atoms with Gasteiger partial charge in [0.15, 0.2) is 24.7 Å². The number of hydrogen-bond donors (Lipinski definition) is 2. The molecule has 10 heteroatoms. The summed E-state index contributed by atoms with van der Waals surface area (Å²) >= 11 is 0. The van der Waals surface area contributed by atoms with Crippen LogP contribution in [0.3, 0.4) is 0 Å². The molecule has 156 valence electrons. The predicted octanol–water partition coefficient (Wildman–Crippen LogP) is 0.903. The molecule has 10 nitrogen and oxygen atoms in total. The van der Waals surface area contributed by atoms with E-state index in [0.29, 0.717) is 29.3 Å². The number of ether oxygens (including phenoxy) is 3. The summed E-state index contributed by atoms with van der Waals surface area (Å²) < 4.78 is 15.2. The third kappa shape index (κ3) is 4.58. The summed E-state index contributed by atoms with van der Waals surface area (Å²) in [5.41, 5.74) is 1.25. The van der Waals surface area contributed by atoms with Crippen molar-refractivity contribution in [1.82, 2.24) is 15.8 Å². The lowest BCUT2D eigenvalue weighted by molar-refractivity contribution is -0.152. The second-order valence-electron chi connectivity index (χ2n) is 6.85. The minimum atomic E-state index is -0.943. The number of hydrogen-bond acceptors (Lipinski definition) is 7. The summed E-state index contributed by atoms with van der Waals surface area (Å²) in [6.45, 7) is -1.09. The van der Waals surface area contributed by atoms with Gasteiger partial charge in [0.25, 0.3) is 11.8 Å². The highest BCUT2D eigenvalue weighted by Crippen LogP contribution is 2.33. The molecule has 1 spiro atoms. The summed E-state index contributed by atoms with van der Waals surface area (Å²) in [6.07, 6.45) is 3.75. The molecule has 1 saturated heterocycles. The largest absolute Gasteiger partial charge is 0.493 e. The smallest absolute Gasteiger partial charge is 0.344 e. The van der Waals surface area contributed by atoms with Crippen molar-refractivity contribution in [3.8, 4) is 11.5 Å². The van der Waals surface area contributed by atoms with Gasteiger partial charge in [-0.05, 0) is 25.0 Å². The van der Waals surface area contributed by atoms with Crippen molar-refractivity contribution in [2.75, 3.05) is 20.3 Å². The summed E-state index contributed by atoms with van der Waals surface area (Å²) in [5.74, 6) is -1.26. The molecule has 1 aromatic rings. The van der Waals surface area contributed by atoms with Gasteiger partial charge in [0, 0.05) is 0 Å². The molecule has 29 heavy (non-hydrogen) atoms. The van der Waals surface area contributed by atoms with Crippen molar-refractivity contribution in [1.29, 1.82) is 0 Å². The fourth-order valence-corrected chi connectivity index (χ4v) is 3.44. The minimum absolute atomic E-state index is 0.355. The Morgan fingerprint density at radius 2 is 1.79 bits per heavy atom. The van der Waals surface area contributed by atoms with Crippen LogP contribution >= 0.6 is 0 Å². The van der Waals surface area contributed by atoms with Gasteiger partial charge in [0.2, 0.25) is 0 Å². The van der Waals surface area contributed by atoms with Crippen LogP contribution in [0.25, 0.3) is 0 Å². The first-order valence-electron chi connectivity index (χ1n) is 9.33. The number of methoxy groups -OCH3 is 1. The fraction of sp³-hybridized carbons (Fsp3) is 0.474. The Labute approximate surface area is 167 Å². The van der Waals surface area contributed by atoms with E-state index in [9.17, 15) is 19.2 Å². The molecule has 0 unspecified atom stereocenters. The average Bonchev–Trinajstić information content (AvgIpc) is 2.95. The maximum atomic E-state index is 12.6. The van der Waals surface area contributed by atoms with Crippen molar-refractivity contribution in [3.05, 3.63) is 24.3 Å². The SMILES string of the molecule is COc1ccccc1OCC(=O)OCC(=O)NN1C(=O)NC2(CCCCC2)C1=O. The Morgan fingerprint density at radius 3 is 2.48 bits per heavy atom. The van der Waals surface area contributed by atoms with Crippen LogP contribution in [0.4, 0.5) is 4.79 Å². The molecule has 1 saturated carbocycles. The van der Waals surface area contributed by atoms with E-state index in [-0.39, 0.29) is 0 Å². The number of amides is 4. The van der Waals surface area contributed by atoms with E-state index in [2.05, 4.69) is 10.7 Å². The summed E-state index contributed by atoms with van der Waals surface area (Å²) in [6, 6.07) is 6.08. The number of imide groups is 1. The number of nitrogens with one attached hydrogen (secondary N) is 2. The number of nitrogens with zero attached hydrogens (tertiary/aromatic N) is 1. The van der Waals surface area contributed by atoms with Gasteiger partial charge in [-0.2, -0.15) is 5.01 Å². The standard InChI is InChI=1S/C19H23N3O7/c1-27-13-7-3-4-8-14(13)28-12-16(24)29-11-15(23)21-22-17(25)19(20-18(22)26)9-5-2-6-10-19/h3-4,7-8H,2,5-6,9-12H2,1H3,(H,20,26)(H,21,23). The maximum Gasteiger partial charge on any atom is 0.344 e. The number of benzene rings is 1. The van der Waals surface area contributed by atoms with Crippen molar-refractivity contribution >= 4 is 23.8 Å². The van der Waals surface area contributed by atoms with Gasteiger partial charge < -0.3 is 19.5 Å². The normalized spacial score (nSPS) is 17.6. The molecule has 0 atom stereocenters. The minimum Gasteiger partial charge on any atom is -0.493 e. The molecule has 1 aliphatic carbocycles. The first kappa shape index (κ1) is 20.4. The highest BCUT2D eigenvalue weighted by Gasteiger charge is 2.52. The summed E-state index contributed by atoms with van der Waals surface area (Å²) in [5, 5.41) is 3.33. The second-order valence-corrected chi connectivity index (χ2v) is 6.85. The van der Waals surface area contributed by atoms with Gasteiger partial charge >= 0.3 is 12.0 Å². The molecule has 1 heterocycles. The van der Waals surface area contributed by atoms with E-state index in [1.54, 1.807) is 24.3 Å². The molecule has 0 bridgehead atoms. The average molecular weight is 405 g/mol. The number of rotatable bonds is 7. The van der Waals surface area contributed by atoms with E-state index in [1.165, 1.54) is 7.11 Å². The number of carbonyl (C=O) groups excluding carboxylic acids is 4. The highest BCUT2D eigenvalue weighted by atomic mass is 16.6. The Morgan fingerprint density at radius 1 is 1.10 bits per heavy atom. The molecule has 4 amide bonds. The Balaban J connectivity index is 1.45. The number of para-hydroxylation sites is 2. The third-order valence-electron chi connectivity index (χ3n) is 4.88. The lowest BCUT2D eigenvalue weighted by Crippen LogP contribution is -2.51. The number of urea groups is 1. The number of esters is 1. The Hall–Kier alpha value is -3.30. The van der Waals surface area contributed by atoms with Crippen LogP contribution in [0, 0.1) is 0 Å². The fourth-order valence-electron chi connectivity index (χ4n) is 3.44. The molecule has 1 aliphatic heterocycles. The maximum absolute atomic E-state index is 12.6. The van der Waals surface area contributed by atoms with Gasteiger partial charge in [-0.15, -0.1) is 0 Å². The van der Waals surface area contributed by atoms with Crippen LogP contribution in [0.5, 0.6) is 11.5 Å². The van der Waals surface area contributed by atoms with Crippen LogP contribution in [0.1, 0.15) is 32.1 Å². The molecule has 2 fully saturated rings. The van der Waals surface area contributed by atoms with Crippen molar-refractivity contribution in [3.63, 3.8) is 0 Å². The first-order chi connectivity index (χ1) is 13.9. The Kier molecular flexibility index (Phi) is 6.20. The van der Waals surface area contributed by atoms with Gasteiger partial charge in [0.1, 0.15) is 5.54 Å². The van der Waals surface area contributed by atoms with Gasteiger partial charge in [-0.25, -0.2) is 9.59 Å². The van der Waals surface area contributed by atoms with Gasteiger partial charge in [-0.1, -0.05) is 31.4 Å².